The van der Waals surface area contributed by atoms with Crippen molar-refractivity contribution in [3.05, 3.63) is 83.5 Å². The van der Waals surface area contributed by atoms with Gasteiger partial charge in [0.2, 0.25) is 0 Å². The molecule has 8 heteroatoms. The fourth-order valence-electron chi connectivity index (χ4n) is 0.449. The molecule has 1 aliphatic rings. The summed E-state index contributed by atoms with van der Waals surface area (Å²) in [4.78, 5) is 0. The summed E-state index contributed by atoms with van der Waals surface area (Å²) in [6.45, 7) is 27.0. The molecule has 0 aromatic heterocycles. The van der Waals surface area contributed by atoms with Crippen molar-refractivity contribution in [1.29, 1.82) is 0 Å². The second-order valence-corrected chi connectivity index (χ2v) is 1.35. The largest absolute Gasteiger partial charge is 0.0805 e. The zero-order chi connectivity index (χ0) is 16.9. The Morgan fingerprint density at radius 2 is 0.571 bits per heavy atom. The normalized spacial score (nSPS) is 7.05. The molecule has 0 aromatic rings. The van der Waals surface area contributed by atoms with Gasteiger partial charge >= 0.3 is 67.8 Å². The van der Waals surface area contributed by atoms with E-state index in [1.165, 1.54) is 0 Å². The van der Waals surface area contributed by atoms with E-state index in [9.17, 15) is 0 Å². The summed E-state index contributed by atoms with van der Waals surface area (Å²) in [7, 11) is 0. The van der Waals surface area contributed by atoms with Gasteiger partial charge in [-0.2, -0.15) is 0 Å². The monoisotopic (exact) mass is 502 g/mol. The van der Waals surface area contributed by atoms with Crippen molar-refractivity contribution in [2.45, 2.75) is 0 Å². The van der Waals surface area contributed by atoms with Gasteiger partial charge in [-0.3, -0.25) is 0 Å². The van der Waals surface area contributed by atoms with Crippen LogP contribution in [0, 0.1) is 59.2 Å². The minimum Gasteiger partial charge on any atom is -0.0805 e. The number of rotatable bonds is 0. The van der Waals surface area contributed by atoms with Crippen LogP contribution in [-0.2, 0) is 65.4 Å². The summed E-state index contributed by atoms with van der Waals surface area (Å²) in [5, 5.41) is 0. The minimum atomic E-state index is 0. The van der Waals surface area contributed by atoms with Crippen LogP contribution in [-0.4, -0.2) is 0 Å². The van der Waals surface area contributed by atoms with Gasteiger partial charge in [-0.15, -0.1) is 0 Å². The molecule has 0 aromatic carbocycles. The van der Waals surface area contributed by atoms with Crippen LogP contribution in [0.2, 0.25) is 0 Å². The standard InChI is InChI=1S/C7H7.6CO.Fe.Re/c1-2-4-6-7-5-3-1;6*1-2;;/h1-7H;;;;;;;;. The predicted molar refractivity (Wildman–Crippen MR) is 54.8 cm³/mol. The molecule has 110 valence electrons. The molecule has 21 heavy (non-hydrogen) atoms. The molecule has 0 aliphatic heterocycles. The number of allylic oxidation sites excluding steroid dienone is 4. The van der Waals surface area contributed by atoms with Crippen LogP contribution >= 0.6 is 0 Å². The van der Waals surface area contributed by atoms with E-state index in [1.54, 1.807) is 0 Å². The molecule has 0 unspecified atom stereocenters. The van der Waals surface area contributed by atoms with Gasteiger partial charge in [0.05, 0.1) is 0 Å². The molecule has 1 rings (SSSR count). The molecular weight excluding hydrogens is 494 g/mol. The van der Waals surface area contributed by atoms with Crippen molar-refractivity contribution in [1.82, 2.24) is 0 Å². The Morgan fingerprint density at radius 3 is 0.762 bits per heavy atom. The van der Waals surface area contributed by atoms with Crippen LogP contribution in [0.15, 0.2) is 24.3 Å². The molecule has 6 nitrogen and oxygen atoms in total. The Hall–Kier alpha value is -0.898. The maximum Gasteiger partial charge on any atom is 0 e. The van der Waals surface area contributed by atoms with E-state index in [-0.39, 0.29) is 37.5 Å². The molecule has 0 atom stereocenters. The first-order valence-electron chi connectivity index (χ1n) is 3.56. The maximum absolute atomic E-state index is 7.50. The maximum atomic E-state index is 7.50. The van der Waals surface area contributed by atoms with E-state index in [0.717, 1.165) is 0 Å². The third-order valence-electron chi connectivity index (χ3n) is 0.778. The average Bonchev–Trinajstić information content (AvgIpc) is 2.91. The van der Waals surface area contributed by atoms with E-state index in [1.807, 2.05) is 43.6 Å². The van der Waals surface area contributed by atoms with Crippen LogP contribution in [0.1, 0.15) is 0 Å². The van der Waals surface area contributed by atoms with Crippen LogP contribution in [0.25, 0.3) is 0 Å². The summed E-state index contributed by atoms with van der Waals surface area (Å²) in [6.07, 6.45) is 14.0. The minimum absolute atomic E-state index is 0. The third-order valence-corrected chi connectivity index (χ3v) is 0.778. The molecule has 0 spiro atoms. The van der Waals surface area contributed by atoms with Gasteiger partial charge in [-0.1, -0.05) is 24.3 Å². The van der Waals surface area contributed by atoms with Crippen molar-refractivity contribution in [3.8, 4) is 0 Å². The molecule has 4 radical (unpaired) electrons. The molecule has 0 bridgehead atoms. The summed E-state index contributed by atoms with van der Waals surface area (Å²) in [5.74, 6) is 0. The van der Waals surface area contributed by atoms with Gasteiger partial charge in [0.1, 0.15) is 0 Å². The third kappa shape index (κ3) is 150. The Bertz CT molecular complexity index is 241. The van der Waals surface area contributed by atoms with E-state index < -0.39 is 0 Å². The molecule has 0 N–H and O–H groups in total. The van der Waals surface area contributed by atoms with E-state index in [4.69, 9.17) is 27.9 Å². The number of hydrogen-bond donors (Lipinski definition) is 0. The predicted octanol–water partition coefficient (Wildman–Crippen LogP) is 1.50. The molecule has 0 heterocycles. The average molecular weight is 501 g/mol. The van der Waals surface area contributed by atoms with E-state index >= 15 is 0 Å². The zero-order valence-electron chi connectivity index (χ0n) is 10.2. The summed E-state index contributed by atoms with van der Waals surface area (Å²) in [5.41, 5.74) is 0. The Balaban J connectivity index is -0.0000000177. The van der Waals surface area contributed by atoms with Crippen molar-refractivity contribution in [2.75, 3.05) is 0 Å². The van der Waals surface area contributed by atoms with Crippen molar-refractivity contribution in [3.63, 3.8) is 0 Å². The second-order valence-electron chi connectivity index (χ2n) is 1.35. The van der Waals surface area contributed by atoms with Gasteiger partial charge in [-0.05, 0) is 19.3 Å². The van der Waals surface area contributed by atoms with Crippen LogP contribution in [0.4, 0.5) is 0 Å². The van der Waals surface area contributed by atoms with E-state index in [0.29, 0.717) is 0 Å². The van der Waals surface area contributed by atoms with Crippen LogP contribution in [0.5, 0.6) is 0 Å². The molecule has 1 aliphatic carbocycles. The van der Waals surface area contributed by atoms with Gasteiger partial charge in [0.15, 0.2) is 0 Å². The molecule has 0 amide bonds. The van der Waals surface area contributed by atoms with Crippen LogP contribution in [0.3, 0.4) is 0 Å². The van der Waals surface area contributed by atoms with Crippen molar-refractivity contribution in [2.24, 2.45) is 0 Å². The van der Waals surface area contributed by atoms with Crippen molar-refractivity contribution >= 4 is 0 Å². The Morgan fingerprint density at radius 1 is 0.381 bits per heavy atom. The molecular formula is C13H7FeO6Re. The smallest absolute Gasteiger partial charge is 0 e. The topological polar surface area (TPSA) is 119 Å². The first-order valence-corrected chi connectivity index (χ1v) is 3.56. The van der Waals surface area contributed by atoms with Gasteiger partial charge in [-0.25, -0.2) is 0 Å². The fourth-order valence-corrected chi connectivity index (χ4v) is 0.449. The molecule has 0 saturated heterocycles. The summed E-state index contributed by atoms with van der Waals surface area (Å²) in [6, 6.07) is 0. The van der Waals surface area contributed by atoms with Gasteiger partial charge in [0, 0.05) is 37.5 Å². The zero-order valence-corrected chi connectivity index (χ0v) is 14.0. The van der Waals surface area contributed by atoms with Gasteiger partial charge < -0.3 is 0 Å². The SMILES string of the molecule is [C-]#[O+].[C-]#[O+].[C-]#[O+].[C-]#[O+].[C-]#[O+].[C-]#[O+].[CH]1[CH]C=CC=C[CH]1.[Fe].[Re]. The fraction of sp³-hybridized carbons (Fsp3) is 0. The second kappa shape index (κ2) is 168. The molecule has 0 saturated carbocycles. The quantitative estimate of drug-likeness (QED) is 0.272. The summed E-state index contributed by atoms with van der Waals surface area (Å²) >= 11 is 0. The Kier molecular flexibility index (Phi) is 401. The first-order chi connectivity index (χ1) is 9.50. The van der Waals surface area contributed by atoms with Gasteiger partial charge in [0.25, 0.3) is 0 Å². The van der Waals surface area contributed by atoms with Crippen LogP contribution < -0.4 is 0 Å². The first kappa shape index (κ1) is 50.1. The van der Waals surface area contributed by atoms with Crippen molar-refractivity contribution < 1.29 is 65.4 Å². The number of hydrogen-bond acceptors (Lipinski definition) is 0. The Labute approximate surface area is 148 Å². The molecule has 0 fully saturated rings. The van der Waals surface area contributed by atoms with E-state index in [2.05, 4.69) is 39.9 Å². The summed E-state index contributed by atoms with van der Waals surface area (Å²) < 4.78 is 45.0.